The Labute approximate surface area is 159 Å². The van der Waals surface area contributed by atoms with Crippen LogP contribution in [0.25, 0.3) is 0 Å². The number of carbonyl (C=O) groups excluding carboxylic acids is 3. The maximum atomic E-state index is 13.0. The van der Waals surface area contributed by atoms with Gasteiger partial charge in [0, 0.05) is 26.8 Å². The quantitative estimate of drug-likeness (QED) is 0.736. The molecule has 0 bridgehead atoms. The van der Waals surface area contributed by atoms with Crippen LogP contribution in [-0.4, -0.2) is 41.8 Å². The second kappa shape index (κ2) is 9.52. The van der Waals surface area contributed by atoms with E-state index in [9.17, 15) is 14.4 Å². The number of benzene rings is 2. The molecule has 0 fully saturated rings. The smallest absolute Gasteiger partial charge is 0.245 e. The summed E-state index contributed by atoms with van der Waals surface area (Å²) < 4.78 is 0. The van der Waals surface area contributed by atoms with Crippen LogP contribution in [0, 0.1) is 0 Å². The van der Waals surface area contributed by atoms with E-state index in [1.807, 2.05) is 60.7 Å². The maximum Gasteiger partial charge on any atom is 0.245 e. The second-order valence-corrected chi connectivity index (χ2v) is 6.50. The fourth-order valence-electron chi connectivity index (χ4n) is 2.96. The van der Waals surface area contributed by atoms with Crippen LogP contribution in [0.1, 0.15) is 18.1 Å². The molecule has 2 atom stereocenters. The van der Waals surface area contributed by atoms with Crippen molar-refractivity contribution >= 4 is 17.7 Å². The normalized spacial score (nSPS) is 12.7. The van der Waals surface area contributed by atoms with Crippen molar-refractivity contribution < 1.29 is 14.4 Å². The molecule has 2 rings (SSSR count). The predicted molar refractivity (Wildman–Crippen MR) is 104 cm³/mol. The molecule has 0 heterocycles. The molecule has 3 amide bonds. The van der Waals surface area contributed by atoms with Crippen LogP contribution in [0.4, 0.5) is 0 Å². The number of nitrogens with zero attached hydrogens (tertiary/aromatic N) is 1. The van der Waals surface area contributed by atoms with Crippen molar-refractivity contribution in [1.82, 2.24) is 10.2 Å². The summed E-state index contributed by atoms with van der Waals surface area (Å²) in [5.74, 6) is -1.25. The first kappa shape index (κ1) is 20.2. The van der Waals surface area contributed by atoms with E-state index in [1.54, 1.807) is 7.05 Å². The topological polar surface area (TPSA) is 92.5 Å². The molecular weight excluding hydrogens is 342 g/mol. The third-order valence-corrected chi connectivity index (χ3v) is 4.37. The third kappa shape index (κ3) is 5.95. The van der Waals surface area contributed by atoms with Gasteiger partial charge in [0.2, 0.25) is 17.7 Å². The third-order valence-electron chi connectivity index (χ3n) is 4.37. The van der Waals surface area contributed by atoms with Crippen LogP contribution in [0.5, 0.6) is 0 Å². The van der Waals surface area contributed by atoms with Crippen molar-refractivity contribution in [3.05, 3.63) is 71.8 Å². The molecule has 2 aromatic carbocycles. The highest BCUT2D eigenvalue weighted by Gasteiger charge is 2.30. The Kier molecular flexibility index (Phi) is 7.11. The molecule has 2 aromatic rings. The lowest BCUT2D eigenvalue weighted by Gasteiger charge is -2.30. The molecule has 0 aliphatic rings. The van der Waals surface area contributed by atoms with Gasteiger partial charge in [-0.2, -0.15) is 0 Å². The van der Waals surface area contributed by atoms with Crippen molar-refractivity contribution in [2.75, 3.05) is 7.05 Å². The second-order valence-electron chi connectivity index (χ2n) is 6.50. The van der Waals surface area contributed by atoms with Gasteiger partial charge in [-0.15, -0.1) is 0 Å². The highest BCUT2D eigenvalue weighted by Crippen LogP contribution is 2.12. The largest absolute Gasteiger partial charge is 0.368 e. The van der Waals surface area contributed by atoms with Gasteiger partial charge in [0.15, 0.2) is 0 Å². The van der Waals surface area contributed by atoms with Gasteiger partial charge < -0.3 is 16.0 Å². The lowest BCUT2D eigenvalue weighted by molar-refractivity contribution is -0.140. The zero-order chi connectivity index (χ0) is 19.8. The number of nitrogens with two attached hydrogens (primary N) is 1. The molecule has 0 radical (unpaired) electrons. The Bertz CT molecular complexity index is 778. The molecule has 6 nitrogen and oxygen atoms in total. The van der Waals surface area contributed by atoms with E-state index in [0.717, 1.165) is 11.1 Å². The monoisotopic (exact) mass is 367 g/mol. The van der Waals surface area contributed by atoms with Gasteiger partial charge in [-0.05, 0) is 11.1 Å². The van der Waals surface area contributed by atoms with Gasteiger partial charge in [0.25, 0.3) is 0 Å². The predicted octanol–water partition coefficient (Wildman–Crippen LogP) is 1.29. The minimum absolute atomic E-state index is 0.309. The SMILES string of the molecule is CC(=O)N[C@@H](Cc1ccccc1)C(=O)N(C)[C@H](Cc1ccccc1)C(N)=O. The number of amides is 3. The average molecular weight is 367 g/mol. The minimum atomic E-state index is -0.799. The average Bonchev–Trinajstić information content (AvgIpc) is 2.65. The van der Waals surface area contributed by atoms with Crippen molar-refractivity contribution in [3.63, 3.8) is 0 Å². The summed E-state index contributed by atoms with van der Waals surface area (Å²) in [6.07, 6.45) is 0.650. The van der Waals surface area contributed by atoms with Crippen molar-refractivity contribution in [1.29, 1.82) is 0 Å². The van der Waals surface area contributed by atoms with E-state index >= 15 is 0 Å². The van der Waals surface area contributed by atoms with Crippen molar-refractivity contribution in [3.8, 4) is 0 Å². The van der Waals surface area contributed by atoms with Crippen molar-refractivity contribution in [2.24, 2.45) is 5.73 Å². The Hall–Kier alpha value is -3.15. The molecule has 0 spiro atoms. The van der Waals surface area contributed by atoms with E-state index in [-0.39, 0.29) is 11.8 Å². The van der Waals surface area contributed by atoms with E-state index in [1.165, 1.54) is 11.8 Å². The van der Waals surface area contributed by atoms with E-state index in [2.05, 4.69) is 5.32 Å². The first-order valence-corrected chi connectivity index (χ1v) is 8.79. The number of rotatable bonds is 8. The zero-order valence-electron chi connectivity index (χ0n) is 15.6. The summed E-state index contributed by atoms with van der Waals surface area (Å²) >= 11 is 0. The Morgan fingerprint density at radius 3 is 1.85 bits per heavy atom. The molecule has 27 heavy (non-hydrogen) atoms. The van der Waals surface area contributed by atoms with Crippen LogP contribution >= 0.6 is 0 Å². The summed E-state index contributed by atoms with van der Waals surface area (Å²) in [4.78, 5) is 37.9. The summed E-state index contributed by atoms with van der Waals surface area (Å²) in [6.45, 7) is 1.36. The van der Waals surface area contributed by atoms with E-state index in [0.29, 0.717) is 12.8 Å². The summed E-state index contributed by atoms with van der Waals surface area (Å²) in [5, 5.41) is 2.68. The Morgan fingerprint density at radius 2 is 1.41 bits per heavy atom. The molecule has 6 heteroatoms. The molecule has 0 aliphatic heterocycles. The van der Waals surface area contributed by atoms with Crippen LogP contribution in [0.2, 0.25) is 0 Å². The molecule has 0 unspecified atom stereocenters. The Balaban J connectivity index is 2.19. The number of hydrogen-bond donors (Lipinski definition) is 2. The summed E-state index contributed by atoms with van der Waals surface area (Å²) in [6, 6.07) is 17.2. The lowest BCUT2D eigenvalue weighted by atomic mass is 10.0. The number of likely N-dealkylation sites (N-methyl/N-ethyl adjacent to an activating group) is 1. The summed E-state index contributed by atoms with van der Waals surface area (Å²) in [7, 11) is 1.54. The number of primary amides is 1. The van der Waals surface area contributed by atoms with Gasteiger partial charge in [-0.1, -0.05) is 60.7 Å². The molecule has 0 saturated carbocycles. The highest BCUT2D eigenvalue weighted by molar-refractivity contribution is 5.91. The van der Waals surface area contributed by atoms with Gasteiger partial charge in [-0.3, -0.25) is 14.4 Å². The molecule has 0 aromatic heterocycles. The van der Waals surface area contributed by atoms with Crippen LogP contribution in [0.3, 0.4) is 0 Å². The van der Waals surface area contributed by atoms with Crippen molar-refractivity contribution in [2.45, 2.75) is 31.8 Å². The van der Waals surface area contributed by atoms with Gasteiger partial charge in [0.1, 0.15) is 12.1 Å². The molecule has 3 N–H and O–H groups in total. The molecular formula is C21H25N3O3. The number of hydrogen-bond acceptors (Lipinski definition) is 3. The molecule has 0 saturated heterocycles. The fourth-order valence-corrected chi connectivity index (χ4v) is 2.96. The first-order chi connectivity index (χ1) is 12.9. The Morgan fingerprint density at radius 1 is 0.926 bits per heavy atom. The molecule has 142 valence electrons. The minimum Gasteiger partial charge on any atom is -0.368 e. The maximum absolute atomic E-state index is 13.0. The van der Waals surface area contributed by atoms with Crippen LogP contribution in [0.15, 0.2) is 60.7 Å². The van der Waals surface area contributed by atoms with E-state index in [4.69, 9.17) is 5.73 Å². The van der Waals surface area contributed by atoms with Gasteiger partial charge in [0.05, 0.1) is 0 Å². The lowest BCUT2D eigenvalue weighted by Crippen LogP contribution is -2.54. The van der Waals surface area contributed by atoms with Crippen LogP contribution in [-0.2, 0) is 27.2 Å². The fraction of sp³-hybridized carbons (Fsp3) is 0.286. The first-order valence-electron chi connectivity index (χ1n) is 8.79. The summed E-state index contributed by atoms with van der Waals surface area (Å²) in [5.41, 5.74) is 7.37. The van der Waals surface area contributed by atoms with E-state index < -0.39 is 18.0 Å². The van der Waals surface area contributed by atoms with Gasteiger partial charge in [-0.25, -0.2) is 0 Å². The highest BCUT2D eigenvalue weighted by atomic mass is 16.2. The standard InChI is InChI=1S/C21H25N3O3/c1-15(25)23-18(13-16-9-5-3-6-10-16)21(27)24(2)19(20(22)26)14-17-11-7-4-8-12-17/h3-12,18-19H,13-14H2,1-2H3,(H2,22,26)(H,23,25)/t18-,19+/m0/s1. The zero-order valence-corrected chi connectivity index (χ0v) is 15.6. The van der Waals surface area contributed by atoms with Crippen LogP contribution < -0.4 is 11.1 Å². The molecule has 0 aliphatic carbocycles. The number of nitrogens with one attached hydrogen (secondary N) is 1. The van der Waals surface area contributed by atoms with Gasteiger partial charge >= 0.3 is 0 Å². The number of carbonyl (C=O) groups is 3.